The Hall–Kier alpha value is -1.44. The van der Waals surface area contributed by atoms with Crippen LogP contribution < -0.4 is 5.73 Å². The van der Waals surface area contributed by atoms with E-state index in [1.54, 1.807) is 18.3 Å². The number of aromatic nitrogens is 2. The highest BCUT2D eigenvalue weighted by molar-refractivity contribution is 7.89. The molecule has 3 N–H and O–H groups in total. The van der Waals surface area contributed by atoms with E-state index in [0.717, 1.165) is 0 Å². The number of nitrogens with one attached hydrogen (secondary N) is 1. The first-order chi connectivity index (χ1) is 9.81. The summed E-state index contributed by atoms with van der Waals surface area (Å²) in [5, 5.41) is 0.613. The molecule has 2 aromatic heterocycles. The van der Waals surface area contributed by atoms with E-state index in [2.05, 4.69) is 9.97 Å². The molecule has 0 fully saturated rings. The number of fused-ring (bicyclic) bond motifs is 1. The molecule has 2 heterocycles. The van der Waals surface area contributed by atoms with E-state index in [1.165, 1.54) is 10.5 Å². The maximum absolute atomic E-state index is 12.9. The monoisotopic (exact) mass is 310 g/mol. The summed E-state index contributed by atoms with van der Waals surface area (Å²) in [5.74, 6) is 0. The molecule has 0 saturated carbocycles. The number of rotatable bonds is 6. The SMILES string of the molecule is CCN(CC(C)(C)CN)S(=O)(=O)c1c[nH]c2ncccc12. The van der Waals surface area contributed by atoms with Gasteiger partial charge in [-0.15, -0.1) is 0 Å². The van der Waals surface area contributed by atoms with Crippen molar-refractivity contribution in [3.05, 3.63) is 24.5 Å². The lowest BCUT2D eigenvalue weighted by atomic mass is 9.94. The van der Waals surface area contributed by atoms with Crippen LogP contribution in [0.2, 0.25) is 0 Å². The molecule has 0 aromatic carbocycles. The fraction of sp³-hybridized carbons (Fsp3) is 0.500. The van der Waals surface area contributed by atoms with Crippen molar-refractivity contribution in [3.8, 4) is 0 Å². The van der Waals surface area contributed by atoms with Crippen molar-refractivity contribution >= 4 is 21.1 Å². The fourth-order valence-electron chi connectivity index (χ4n) is 2.19. The normalized spacial score (nSPS) is 13.2. The number of nitrogens with zero attached hydrogens (tertiary/aromatic N) is 2. The van der Waals surface area contributed by atoms with Gasteiger partial charge in [0.2, 0.25) is 10.0 Å². The molecular weight excluding hydrogens is 288 g/mol. The Balaban J connectivity index is 2.44. The zero-order chi connectivity index (χ0) is 15.7. The van der Waals surface area contributed by atoms with Gasteiger partial charge in [0.1, 0.15) is 10.5 Å². The first-order valence-electron chi connectivity index (χ1n) is 6.94. The molecule has 2 rings (SSSR count). The van der Waals surface area contributed by atoms with E-state index in [4.69, 9.17) is 5.73 Å². The van der Waals surface area contributed by atoms with Crippen LogP contribution in [-0.2, 0) is 10.0 Å². The number of pyridine rings is 1. The number of sulfonamides is 1. The Bertz CT molecular complexity index is 721. The molecule has 7 heteroatoms. The Morgan fingerprint density at radius 2 is 2.14 bits per heavy atom. The predicted octanol–water partition coefficient (Wildman–Crippen LogP) is 1.56. The Labute approximate surface area is 125 Å². The van der Waals surface area contributed by atoms with Gasteiger partial charge in [-0.2, -0.15) is 4.31 Å². The highest BCUT2D eigenvalue weighted by atomic mass is 32.2. The quantitative estimate of drug-likeness (QED) is 0.847. The Kier molecular flexibility index (Phi) is 4.36. The smallest absolute Gasteiger partial charge is 0.245 e. The van der Waals surface area contributed by atoms with E-state index in [-0.39, 0.29) is 10.3 Å². The second-order valence-corrected chi connectivity index (χ2v) is 7.76. The zero-order valence-electron chi connectivity index (χ0n) is 12.6. The highest BCUT2D eigenvalue weighted by Gasteiger charge is 2.30. The molecule has 0 amide bonds. The Morgan fingerprint density at radius 3 is 2.76 bits per heavy atom. The van der Waals surface area contributed by atoms with Crippen LogP contribution in [0.3, 0.4) is 0 Å². The van der Waals surface area contributed by atoms with Crippen molar-refractivity contribution in [2.45, 2.75) is 25.7 Å². The van der Waals surface area contributed by atoms with Crippen LogP contribution in [0.5, 0.6) is 0 Å². The van der Waals surface area contributed by atoms with E-state index >= 15 is 0 Å². The van der Waals surface area contributed by atoms with Crippen LogP contribution in [-0.4, -0.2) is 42.3 Å². The summed E-state index contributed by atoms with van der Waals surface area (Å²) in [6, 6.07) is 3.49. The van der Waals surface area contributed by atoms with Crippen LogP contribution in [0.4, 0.5) is 0 Å². The molecular formula is C14H22N4O2S. The largest absolute Gasteiger partial charge is 0.345 e. The minimum Gasteiger partial charge on any atom is -0.345 e. The van der Waals surface area contributed by atoms with Crippen LogP contribution in [0.25, 0.3) is 11.0 Å². The molecule has 116 valence electrons. The van der Waals surface area contributed by atoms with E-state index in [1.807, 2.05) is 20.8 Å². The first-order valence-corrected chi connectivity index (χ1v) is 8.38. The van der Waals surface area contributed by atoms with Gasteiger partial charge in [0.25, 0.3) is 0 Å². The minimum atomic E-state index is -3.57. The van der Waals surface area contributed by atoms with Gasteiger partial charge in [-0.05, 0) is 24.1 Å². The standard InChI is InChI=1S/C14H22N4O2S/c1-4-18(10-14(2,3)9-15)21(19,20)12-8-17-13-11(12)6-5-7-16-13/h5-8H,4,9-10,15H2,1-3H3,(H,16,17). The summed E-state index contributed by atoms with van der Waals surface area (Å²) in [4.78, 5) is 7.31. The summed E-state index contributed by atoms with van der Waals surface area (Å²) in [6.07, 6.45) is 3.13. The van der Waals surface area contributed by atoms with Gasteiger partial charge in [0.15, 0.2) is 0 Å². The van der Waals surface area contributed by atoms with Crippen molar-refractivity contribution in [2.75, 3.05) is 19.6 Å². The minimum absolute atomic E-state index is 0.264. The third-order valence-electron chi connectivity index (χ3n) is 3.54. The Morgan fingerprint density at radius 1 is 1.43 bits per heavy atom. The van der Waals surface area contributed by atoms with Gasteiger partial charge in [0, 0.05) is 30.9 Å². The van der Waals surface area contributed by atoms with Gasteiger partial charge < -0.3 is 10.7 Å². The molecule has 0 aliphatic carbocycles. The molecule has 0 unspecified atom stereocenters. The van der Waals surface area contributed by atoms with Crippen molar-refractivity contribution in [1.29, 1.82) is 0 Å². The lowest BCUT2D eigenvalue weighted by Gasteiger charge is -2.30. The van der Waals surface area contributed by atoms with Crippen molar-refractivity contribution in [3.63, 3.8) is 0 Å². The molecule has 0 spiro atoms. The van der Waals surface area contributed by atoms with E-state index in [0.29, 0.717) is 30.7 Å². The maximum atomic E-state index is 12.9. The molecule has 0 aliphatic rings. The summed E-state index contributed by atoms with van der Waals surface area (Å²) >= 11 is 0. The number of H-pyrrole nitrogens is 1. The van der Waals surface area contributed by atoms with Crippen molar-refractivity contribution in [1.82, 2.24) is 14.3 Å². The van der Waals surface area contributed by atoms with E-state index < -0.39 is 10.0 Å². The highest BCUT2D eigenvalue weighted by Crippen LogP contribution is 2.26. The van der Waals surface area contributed by atoms with Crippen LogP contribution >= 0.6 is 0 Å². The molecule has 21 heavy (non-hydrogen) atoms. The number of hydrogen-bond donors (Lipinski definition) is 2. The lowest BCUT2D eigenvalue weighted by Crippen LogP contribution is -2.41. The van der Waals surface area contributed by atoms with Gasteiger partial charge in [-0.1, -0.05) is 20.8 Å². The molecule has 0 bridgehead atoms. The molecule has 2 aromatic rings. The topological polar surface area (TPSA) is 92.1 Å². The number of hydrogen-bond acceptors (Lipinski definition) is 4. The number of aromatic amines is 1. The molecule has 0 aliphatic heterocycles. The number of nitrogens with two attached hydrogens (primary N) is 1. The van der Waals surface area contributed by atoms with E-state index in [9.17, 15) is 8.42 Å². The third kappa shape index (κ3) is 3.09. The predicted molar refractivity (Wildman–Crippen MR) is 83.4 cm³/mol. The third-order valence-corrected chi connectivity index (χ3v) is 5.50. The molecule has 0 atom stereocenters. The van der Waals surface area contributed by atoms with Crippen molar-refractivity contribution < 1.29 is 8.42 Å². The average molecular weight is 310 g/mol. The first kappa shape index (κ1) is 15.9. The van der Waals surface area contributed by atoms with Gasteiger partial charge in [0.05, 0.1) is 0 Å². The van der Waals surface area contributed by atoms with Crippen LogP contribution in [0, 0.1) is 5.41 Å². The molecule has 0 radical (unpaired) electrons. The summed E-state index contributed by atoms with van der Waals surface area (Å²) in [7, 11) is -3.57. The summed E-state index contributed by atoms with van der Waals surface area (Å²) in [5.41, 5.74) is 6.03. The summed E-state index contributed by atoms with van der Waals surface area (Å²) < 4.78 is 27.2. The zero-order valence-corrected chi connectivity index (χ0v) is 13.4. The second-order valence-electron chi connectivity index (χ2n) is 5.85. The molecule has 0 saturated heterocycles. The fourth-order valence-corrected chi connectivity index (χ4v) is 3.98. The maximum Gasteiger partial charge on any atom is 0.245 e. The van der Waals surface area contributed by atoms with Crippen LogP contribution in [0.15, 0.2) is 29.4 Å². The van der Waals surface area contributed by atoms with Gasteiger partial charge >= 0.3 is 0 Å². The van der Waals surface area contributed by atoms with Crippen LogP contribution in [0.1, 0.15) is 20.8 Å². The lowest BCUT2D eigenvalue weighted by molar-refractivity contribution is 0.273. The average Bonchev–Trinajstić information content (AvgIpc) is 2.89. The van der Waals surface area contributed by atoms with Gasteiger partial charge in [-0.3, -0.25) is 0 Å². The summed E-state index contributed by atoms with van der Waals surface area (Å²) in [6.45, 7) is 6.96. The molecule has 6 nitrogen and oxygen atoms in total. The van der Waals surface area contributed by atoms with Crippen molar-refractivity contribution in [2.24, 2.45) is 11.1 Å². The van der Waals surface area contributed by atoms with Gasteiger partial charge in [-0.25, -0.2) is 13.4 Å². The second kappa shape index (κ2) is 5.75.